The van der Waals surface area contributed by atoms with Crippen LogP contribution in [0.1, 0.15) is 361 Å². The lowest BCUT2D eigenvalue weighted by molar-refractivity contribution is -0.359. The van der Waals surface area contributed by atoms with Crippen LogP contribution in [-0.4, -0.2) is 140 Å². The quantitative estimate of drug-likeness (QED) is 0.0204. The molecule has 2 rings (SSSR count). The van der Waals surface area contributed by atoms with E-state index in [-0.39, 0.29) is 18.9 Å². The van der Waals surface area contributed by atoms with Crippen molar-refractivity contribution < 1.29 is 64.6 Å². The molecule has 0 spiro atoms. The predicted octanol–water partition coefficient (Wildman–Crippen LogP) is 18.9. The molecule has 0 aromatic rings. The normalized spacial score (nSPS) is 22.4. The zero-order valence-corrected chi connectivity index (χ0v) is 62.8. The standard InChI is InChI=1S/C84H153NO13/c1-3-5-7-9-11-13-15-17-19-21-23-25-27-29-31-33-35-36-38-39-41-43-45-47-49-51-53-55-57-59-61-63-65-67-73(88)72(71-95-83-81(94)79(92)82(75(70-87)97-83)98-84-80(93)78(91)77(90)74(69-86)96-84)85-76(89)68-66-64-62-60-58-56-54-52-50-48-46-44-42-40-37-34-32-30-28-26-24-22-20-18-16-14-12-10-8-6-4-2/h16,18,22,24,28,30,49,51,57,59,65,67,72-75,77-84,86-88,90-94H,3-15,17,19-21,23,25-27,29,31-48,50,52-56,58,60-64,66,68-71H2,1-2H3,(H,85,89)/b18-16-,24-22-,30-28-,51-49+,59-57+,67-65+. The number of hydrogen-bond donors (Lipinski definition) is 9. The van der Waals surface area contributed by atoms with Crippen LogP contribution in [0.5, 0.6) is 0 Å². The average Bonchev–Trinajstić information content (AvgIpc) is 0.793. The van der Waals surface area contributed by atoms with E-state index in [0.717, 1.165) is 57.8 Å². The number of ether oxygens (including phenoxy) is 4. The van der Waals surface area contributed by atoms with Gasteiger partial charge in [0.2, 0.25) is 5.91 Å². The van der Waals surface area contributed by atoms with Gasteiger partial charge < -0.3 is 65.1 Å². The number of aliphatic hydroxyl groups excluding tert-OH is 8. The highest BCUT2D eigenvalue weighted by atomic mass is 16.7. The number of rotatable bonds is 69. The average molecular weight is 1390 g/mol. The Morgan fingerprint density at radius 2 is 0.684 bits per heavy atom. The van der Waals surface area contributed by atoms with E-state index >= 15 is 0 Å². The lowest BCUT2D eigenvalue weighted by atomic mass is 9.97. The van der Waals surface area contributed by atoms with E-state index in [9.17, 15) is 45.6 Å². The molecule has 0 aromatic heterocycles. The summed E-state index contributed by atoms with van der Waals surface area (Å²) in [5, 5.41) is 87.7. The number of aliphatic hydroxyl groups is 8. The molecule has 12 atom stereocenters. The summed E-state index contributed by atoms with van der Waals surface area (Å²) in [5.41, 5.74) is 0. The molecule has 572 valence electrons. The van der Waals surface area contributed by atoms with Crippen molar-refractivity contribution >= 4 is 5.91 Å². The minimum Gasteiger partial charge on any atom is -0.394 e. The molecule has 12 unspecified atom stereocenters. The lowest BCUT2D eigenvalue weighted by Crippen LogP contribution is -2.65. The van der Waals surface area contributed by atoms with Crippen LogP contribution in [0.3, 0.4) is 0 Å². The highest BCUT2D eigenvalue weighted by Crippen LogP contribution is 2.30. The van der Waals surface area contributed by atoms with Crippen molar-refractivity contribution in [3.8, 4) is 0 Å². The second kappa shape index (κ2) is 67.6. The number of carbonyl (C=O) groups excluding carboxylic acids is 1. The van der Waals surface area contributed by atoms with Crippen LogP contribution in [0.15, 0.2) is 72.9 Å². The molecule has 0 radical (unpaired) electrons. The van der Waals surface area contributed by atoms with Gasteiger partial charge in [-0.05, 0) is 83.5 Å². The molecule has 2 fully saturated rings. The van der Waals surface area contributed by atoms with Crippen LogP contribution in [0.25, 0.3) is 0 Å². The minimum absolute atomic E-state index is 0.250. The SMILES string of the molecule is CCCCCCC/C=C\C/C=C\C/C=C\CCCCCCCCCCCCCCCCCCC(=O)NC(COC1OC(CO)C(OC2OC(CO)C(O)C(O)C2O)C(O)C1O)C(O)/C=C/CC/C=C/CC/C=C/CCCCCCCCCCCCCCCCCCCCCCCCC. The van der Waals surface area contributed by atoms with Crippen molar-refractivity contribution in [2.75, 3.05) is 19.8 Å². The monoisotopic (exact) mass is 1380 g/mol. The van der Waals surface area contributed by atoms with E-state index in [2.05, 4.69) is 79.9 Å². The summed E-state index contributed by atoms with van der Waals surface area (Å²) in [6.45, 7) is 2.81. The maximum atomic E-state index is 13.4. The zero-order valence-electron chi connectivity index (χ0n) is 62.8. The zero-order chi connectivity index (χ0) is 70.8. The maximum absolute atomic E-state index is 13.4. The molecule has 9 N–H and O–H groups in total. The first-order chi connectivity index (χ1) is 48.1. The topological polar surface area (TPSA) is 228 Å². The van der Waals surface area contributed by atoms with Crippen molar-refractivity contribution in [3.05, 3.63) is 72.9 Å². The summed E-state index contributed by atoms with van der Waals surface area (Å²) in [6, 6.07) is -0.943. The fourth-order valence-electron chi connectivity index (χ4n) is 13.3. The Morgan fingerprint density at radius 3 is 1.07 bits per heavy atom. The first-order valence-electron chi connectivity index (χ1n) is 41.2. The second-order valence-electron chi connectivity index (χ2n) is 28.9. The highest BCUT2D eigenvalue weighted by molar-refractivity contribution is 5.76. The second-order valence-corrected chi connectivity index (χ2v) is 28.9. The van der Waals surface area contributed by atoms with Crippen molar-refractivity contribution in [1.82, 2.24) is 5.32 Å². The smallest absolute Gasteiger partial charge is 0.220 e. The molecule has 0 saturated carbocycles. The molecule has 14 nitrogen and oxygen atoms in total. The van der Waals surface area contributed by atoms with Gasteiger partial charge in [-0.25, -0.2) is 0 Å². The summed E-state index contributed by atoms with van der Waals surface area (Å²) in [5.74, 6) is -0.250. The maximum Gasteiger partial charge on any atom is 0.220 e. The third-order valence-electron chi connectivity index (χ3n) is 19.8. The van der Waals surface area contributed by atoms with Crippen molar-refractivity contribution in [1.29, 1.82) is 0 Å². The van der Waals surface area contributed by atoms with Gasteiger partial charge in [0.25, 0.3) is 0 Å². The van der Waals surface area contributed by atoms with Crippen LogP contribution in [0, 0.1) is 0 Å². The molecule has 0 aliphatic carbocycles. The van der Waals surface area contributed by atoms with Gasteiger partial charge in [0.1, 0.15) is 48.8 Å². The Labute approximate surface area is 599 Å². The van der Waals surface area contributed by atoms with Crippen molar-refractivity contribution in [2.24, 2.45) is 0 Å². The molecule has 2 heterocycles. The Hall–Kier alpha value is -2.57. The third-order valence-corrected chi connectivity index (χ3v) is 19.8. The molecule has 1 amide bonds. The molecule has 2 saturated heterocycles. The number of unbranched alkanes of at least 4 members (excludes halogenated alkanes) is 46. The number of hydrogen-bond acceptors (Lipinski definition) is 13. The first-order valence-corrected chi connectivity index (χ1v) is 41.2. The summed E-state index contributed by atoms with van der Waals surface area (Å²) in [7, 11) is 0. The molecule has 2 aliphatic rings. The molecule has 98 heavy (non-hydrogen) atoms. The van der Waals surface area contributed by atoms with Crippen molar-refractivity contribution in [2.45, 2.75) is 434 Å². The Kier molecular flexibility index (Phi) is 63.1. The van der Waals surface area contributed by atoms with Gasteiger partial charge >= 0.3 is 0 Å². The van der Waals surface area contributed by atoms with Gasteiger partial charge in [-0.3, -0.25) is 4.79 Å². The lowest BCUT2D eigenvalue weighted by Gasteiger charge is -2.46. The molecular weight excluding hydrogens is 1230 g/mol. The summed E-state index contributed by atoms with van der Waals surface area (Å²) in [4.78, 5) is 13.4. The fourth-order valence-corrected chi connectivity index (χ4v) is 13.3. The largest absolute Gasteiger partial charge is 0.394 e. The van der Waals surface area contributed by atoms with E-state index in [4.69, 9.17) is 18.9 Å². The number of carbonyl (C=O) groups is 1. The van der Waals surface area contributed by atoms with Crippen LogP contribution in [0.2, 0.25) is 0 Å². The van der Waals surface area contributed by atoms with Gasteiger partial charge in [-0.2, -0.15) is 0 Å². The van der Waals surface area contributed by atoms with Gasteiger partial charge in [0, 0.05) is 6.42 Å². The molecule has 2 aliphatic heterocycles. The molecule has 0 bridgehead atoms. The first kappa shape index (κ1) is 91.5. The molecule has 0 aromatic carbocycles. The molecule has 14 heteroatoms. The van der Waals surface area contributed by atoms with E-state index < -0.39 is 86.8 Å². The van der Waals surface area contributed by atoms with E-state index in [1.165, 1.54) is 270 Å². The van der Waals surface area contributed by atoms with Gasteiger partial charge in [0.15, 0.2) is 12.6 Å². The van der Waals surface area contributed by atoms with E-state index in [1.807, 2.05) is 6.08 Å². The predicted molar refractivity (Wildman–Crippen MR) is 406 cm³/mol. The van der Waals surface area contributed by atoms with Crippen LogP contribution >= 0.6 is 0 Å². The Balaban J connectivity index is 1.63. The van der Waals surface area contributed by atoms with Gasteiger partial charge in [-0.15, -0.1) is 0 Å². The number of amides is 1. The van der Waals surface area contributed by atoms with Crippen LogP contribution in [0.4, 0.5) is 0 Å². The van der Waals surface area contributed by atoms with Crippen LogP contribution in [-0.2, 0) is 23.7 Å². The summed E-state index contributed by atoms with van der Waals surface area (Å²) < 4.78 is 22.9. The van der Waals surface area contributed by atoms with E-state index in [0.29, 0.717) is 12.8 Å². The minimum atomic E-state index is -1.80. The number of nitrogens with one attached hydrogen (secondary N) is 1. The highest BCUT2D eigenvalue weighted by Gasteiger charge is 2.51. The van der Waals surface area contributed by atoms with E-state index in [1.54, 1.807) is 6.08 Å². The number of allylic oxidation sites excluding steroid dienone is 11. The van der Waals surface area contributed by atoms with Gasteiger partial charge in [0.05, 0.1) is 32.0 Å². The summed E-state index contributed by atoms with van der Waals surface area (Å²) in [6.07, 6.45) is 77.1. The summed E-state index contributed by atoms with van der Waals surface area (Å²) >= 11 is 0. The Morgan fingerprint density at radius 1 is 0.367 bits per heavy atom. The van der Waals surface area contributed by atoms with Gasteiger partial charge in [-0.1, -0.05) is 344 Å². The fraction of sp³-hybridized carbons (Fsp3) is 0.845. The molecular formula is C84H153NO13. The van der Waals surface area contributed by atoms with Crippen molar-refractivity contribution in [3.63, 3.8) is 0 Å². The van der Waals surface area contributed by atoms with Crippen LogP contribution < -0.4 is 5.32 Å². The third kappa shape index (κ3) is 49.9. The Bertz CT molecular complexity index is 1920.